The van der Waals surface area contributed by atoms with Crippen molar-refractivity contribution in [3.63, 3.8) is 0 Å². The van der Waals surface area contributed by atoms with E-state index in [4.69, 9.17) is 11.6 Å². The molecule has 1 N–H and O–H groups in total. The van der Waals surface area contributed by atoms with Crippen LogP contribution in [0.3, 0.4) is 0 Å². The van der Waals surface area contributed by atoms with E-state index in [9.17, 15) is 10.1 Å². The van der Waals surface area contributed by atoms with Gasteiger partial charge in [-0.15, -0.1) is 12.4 Å². The molecule has 1 aliphatic heterocycles. The molecule has 0 atom stereocenters. The van der Waals surface area contributed by atoms with Crippen molar-refractivity contribution in [2.24, 2.45) is 0 Å². The van der Waals surface area contributed by atoms with Crippen molar-refractivity contribution in [1.29, 1.82) is 0 Å². The highest BCUT2D eigenvalue weighted by atomic mass is 35.5. The molecule has 1 aromatic carbocycles. The van der Waals surface area contributed by atoms with Gasteiger partial charge in [0.05, 0.1) is 4.92 Å². The van der Waals surface area contributed by atoms with Crippen molar-refractivity contribution in [3.8, 4) is 0 Å². The first-order chi connectivity index (χ1) is 8.66. The molecule has 0 aliphatic carbocycles. The van der Waals surface area contributed by atoms with Crippen molar-refractivity contribution in [2.75, 3.05) is 26.2 Å². The molecule has 0 aromatic heterocycles. The lowest BCUT2D eigenvalue weighted by atomic mass is 10.1. The van der Waals surface area contributed by atoms with E-state index in [1.54, 1.807) is 12.1 Å². The summed E-state index contributed by atoms with van der Waals surface area (Å²) in [7, 11) is 0. The van der Waals surface area contributed by atoms with Gasteiger partial charge in [-0.05, 0) is 31.6 Å². The number of nitro groups is 1. The van der Waals surface area contributed by atoms with Crippen LogP contribution in [0, 0.1) is 10.1 Å². The molecule has 0 bridgehead atoms. The van der Waals surface area contributed by atoms with Gasteiger partial charge in [0.15, 0.2) is 0 Å². The van der Waals surface area contributed by atoms with Crippen LogP contribution in [0.1, 0.15) is 12.0 Å². The molecule has 106 valence electrons. The third-order valence-electron chi connectivity index (χ3n) is 3.06. The molecule has 1 aromatic rings. The summed E-state index contributed by atoms with van der Waals surface area (Å²) >= 11 is 5.92. The van der Waals surface area contributed by atoms with E-state index in [0.717, 1.165) is 32.6 Å². The third-order valence-corrected chi connectivity index (χ3v) is 3.30. The van der Waals surface area contributed by atoms with E-state index >= 15 is 0 Å². The Kier molecular flexibility index (Phi) is 6.51. The fraction of sp³-hybridized carbons (Fsp3) is 0.500. The van der Waals surface area contributed by atoms with Crippen molar-refractivity contribution in [2.45, 2.75) is 13.0 Å². The maximum absolute atomic E-state index is 11.0. The molecular weight excluding hydrogens is 289 g/mol. The molecule has 0 saturated carbocycles. The smallest absolute Gasteiger partial charge is 0.273 e. The van der Waals surface area contributed by atoms with Crippen LogP contribution in [0.4, 0.5) is 5.69 Å². The maximum Gasteiger partial charge on any atom is 0.273 e. The van der Waals surface area contributed by atoms with Gasteiger partial charge in [-0.2, -0.15) is 0 Å². The summed E-state index contributed by atoms with van der Waals surface area (Å²) in [5, 5.41) is 14.8. The predicted molar refractivity (Wildman–Crippen MR) is 78.1 cm³/mol. The Labute approximate surface area is 123 Å². The molecular formula is C12H17Cl2N3O2. The molecule has 1 aliphatic rings. The van der Waals surface area contributed by atoms with Gasteiger partial charge >= 0.3 is 0 Å². The molecule has 1 heterocycles. The number of halogens is 2. The third kappa shape index (κ3) is 4.62. The summed E-state index contributed by atoms with van der Waals surface area (Å²) < 4.78 is 0. The van der Waals surface area contributed by atoms with Crippen LogP contribution in [-0.4, -0.2) is 36.0 Å². The fourth-order valence-electron chi connectivity index (χ4n) is 2.16. The van der Waals surface area contributed by atoms with E-state index in [-0.39, 0.29) is 23.0 Å². The molecule has 19 heavy (non-hydrogen) atoms. The summed E-state index contributed by atoms with van der Waals surface area (Å²) in [5.41, 5.74) is 0.839. The second-order valence-corrected chi connectivity index (χ2v) is 4.85. The first kappa shape index (κ1) is 16.2. The summed E-state index contributed by atoms with van der Waals surface area (Å²) in [6, 6.07) is 4.74. The van der Waals surface area contributed by atoms with E-state index < -0.39 is 0 Å². The lowest BCUT2D eigenvalue weighted by Crippen LogP contribution is -2.27. The van der Waals surface area contributed by atoms with Crippen LogP contribution in [0.25, 0.3) is 0 Å². The lowest BCUT2D eigenvalue weighted by molar-refractivity contribution is -0.385. The minimum absolute atomic E-state index is 0. The van der Waals surface area contributed by atoms with Crippen LogP contribution < -0.4 is 5.32 Å². The van der Waals surface area contributed by atoms with Crippen molar-refractivity contribution >= 4 is 29.7 Å². The highest BCUT2D eigenvalue weighted by Crippen LogP contribution is 2.24. The van der Waals surface area contributed by atoms with E-state index in [2.05, 4.69) is 10.2 Å². The van der Waals surface area contributed by atoms with Crippen molar-refractivity contribution < 1.29 is 4.92 Å². The van der Waals surface area contributed by atoms with Gasteiger partial charge in [0, 0.05) is 36.3 Å². The molecule has 7 heteroatoms. The zero-order valence-electron chi connectivity index (χ0n) is 10.5. The largest absolute Gasteiger partial charge is 0.315 e. The van der Waals surface area contributed by atoms with Crippen molar-refractivity contribution in [3.05, 3.63) is 38.9 Å². The van der Waals surface area contributed by atoms with Gasteiger partial charge in [-0.25, -0.2) is 0 Å². The lowest BCUT2D eigenvalue weighted by Gasteiger charge is -2.19. The number of hydrogen-bond acceptors (Lipinski definition) is 4. The standard InChI is InChI=1S/C12H16ClN3O2.ClH/c13-11-2-3-12(16(17)18)10(8-11)9-15-6-1-4-14-5-7-15;/h2-3,8,14H,1,4-7,9H2;1H. The summed E-state index contributed by atoms with van der Waals surface area (Å²) in [5.74, 6) is 0. The zero-order valence-corrected chi connectivity index (χ0v) is 12.0. The quantitative estimate of drug-likeness (QED) is 0.688. The Balaban J connectivity index is 0.00000180. The fourth-order valence-corrected chi connectivity index (χ4v) is 2.35. The van der Waals surface area contributed by atoms with Gasteiger partial charge in [0.2, 0.25) is 0 Å². The molecule has 1 fully saturated rings. The minimum atomic E-state index is -0.346. The second kappa shape index (κ2) is 7.65. The Morgan fingerprint density at radius 3 is 2.89 bits per heavy atom. The van der Waals surface area contributed by atoms with Gasteiger partial charge in [-0.3, -0.25) is 15.0 Å². The molecule has 0 radical (unpaired) electrons. The number of nitrogens with one attached hydrogen (secondary N) is 1. The van der Waals surface area contributed by atoms with Crippen LogP contribution >= 0.6 is 24.0 Å². The van der Waals surface area contributed by atoms with E-state index in [0.29, 0.717) is 17.1 Å². The minimum Gasteiger partial charge on any atom is -0.315 e. The number of nitrogens with zero attached hydrogens (tertiary/aromatic N) is 2. The van der Waals surface area contributed by atoms with Gasteiger partial charge in [0.25, 0.3) is 5.69 Å². The zero-order chi connectivity index (χ0) is 13.0. The second-order valence-electron chi connectivity index (χ2n) is 4.41. The van der Waals surface area contributed by atoms with Gasteiger partial charge < -0.3 is 5.32 Å². The average molecular weight is 306 g/mol. The molecule has 0 unspecified atom stereocenters. The Hall–Kier alpha value is -0.880. The van der Waals surface area contributed by atoms with E-state index in [1.165, 1.54) is 6.07 Å². The number of nitro benzene ring substituents is 1. The van der Waals surface area contributed by atoms with Crippen LogP contribution in [0.15, 0.2) is 18.2 Å². The molecule has 1 saturated heterocycles. The Bertz CT molecular complexity index is 435. The maximum atomic E-state index is 11.0. The normalized spacial score (nSPS) is 16.5. The van der Waals surface area contributed by atoms with Crippen LogP contribution in [0.2, 0.25) is 5.02 Å². The first-order valence-electron chi connectivity index (χ1n) is 6.03. The van der Waals surface area contributed by atoms with Crippen molar-refractivity contribution in [1.82, 2.24) is 10.2 Å². The summed E-state index contributed by atoms with van der Waals surface area (Å²) in [4.78, 5) is 12.8. The van der Waals surface area contributed by atoms with Crippen LogP contribution in [-0.2, 0) is 6.54 Å². The van der Waals surface area contributed by atoms with Crippen LogP contribution in [0.5, 0.6) is 0 Å². The summed E-state index contributed by atoms with van der Waals surface area (Å²) in [6.07, 6.45) is 1.06. The Morgan fingerprint density at radius 1 is 1.37 bits per heavy atom. The van der Waals surface area contributed by atoms with E-state index in [1.807, 2.05) is 0 Å². The number of hydrogen-bond donors (Lipinski definition) is 1. The summed E-state index contributed by atoms with van der Waals surface area (Å²) in [6.45, 7) is 4.38. The molecule has 2 rings (SSSR count). The number of benzene rings is 1. The molecule has 0 spiro atoms. The highest BCUT2D eigenvalue weighted by molar-refractivity contribution is 6.30. The number of rotatable bonds is 3. The molecule has 0 amide bonds. The Morgan fingerprint density at radius 2 is 2.16 bits per heavy atom. The molecule has 5 nitrogen and oxygen atoms in total. The highest BCUT2D eigenvalue weighted by Gasteiger charge is 2.17. The monoisotopic (exact) mass is 305 g/mol. The topological polar surface area (TPSA) is 58.4 Å². The SMILES string of the molecule is Cl.O=[N+]([O-])c1ccc(Cl)cc1CN1CCCNCC1. The average Bonchev–Trinajstić information content (AvgIpc) is 2.57. The first-order valence-corrected chi connectivity index (χ1v) is 6.40. The predicted octanol–water partition coefficient (Wildman–Crippen LogP) is 2.47. The van der Waals surface area contributed by atoms with Gasteiger partial charge in [-0.1, -0.05) is 11.6 Å². The van der Waals surface area contributed by atoms with Gasteiger partial charge in [0.1, 0.15) is 0 Å².